The van der Waals surface area contributed by atoms with E-state index >= 15 is 0 Å². The van der Waals surface area contributed by atoms with Crippen LogP contribution in [-0.4, -0.2) is 23.2 Å². The Balaban J connectivity index is 1.85. The number of benzene rings is 2. The summed E-state index contributed by atoms with van der Waals surface area (Å²) in [5, 5.41) is 10.5. The highest BCUT2D eigenvalue weighted by atomic mass is 19.1. The Morgan fingerprint density at radius 2 is 2.00 bits per heavy atom. The molecule has 0 aliphatic rings. The second-order valence-corrected chi connectivity index (χ2v) is 5.54. The molecule has 2 aromatic carbocycles. The lowest BCUT2D eigenvalue weighted by Crippen LogP contribution is -2.24. The summed E-state index contributed by atoms with van der Waals surface area (Å²) in [6, 6.07) is 5.81. The number of hydrogen-bond acceptors (Lipinski definition) is 3. The van der Waals surface area contributed by atoms with Gasteiger partial charge >= 0.3 is 0 Å². The highest BCUT2D eigenvalue weighted by molar-refractivity contribution is 5.94. The molecule has 0 radical (unpaired) electrons. The van der Waals surface area contributed by atoms with Crippen molar-refractivity contribution in [3.8, 4) is 5.75 Å². The van der Waals surface area contributed by atoms with Crippen LogP contribution in [0, 0.1) is 11.6 Å². The summed E-state index contributed by atoms with van der Waals surface area (Å²) in [6.07, 6.45) is 2.49. The average Bonchev–Trinajstić information content (AvgIpc) is 3.07. The quantitative estimate of drug-likeness (QED) is 0.745. The van der Waals surface area contributed by atoms with Crippen LogP contribution in [0.1, 0.15) is 28.4 Å². The van der Waals surface area contributed by atoms with E-state index in [-0.39, 0.29) is 12.1 Å². The SMILES string of the molecule is CCc1ccc2[nH]ncc2c1CNC(=O)c1cc(F)c(OC)c(F)c1. The standard InChI is InChI=1S/C18H17F2N3O2/c1-3-10-4-5-16-13(9-22-23-16)12(10)8-21-18(24)11-6-14(19)17(25-2)15(20)7-11/h4-7,9H,3,8H2,1-2H3,(H,21,24)(H,22,23). The predicted molar refractivity (Wildman–Crippen MR) is 89.6 cm³/mol. The van der Waals surface area contributed by atoms with Crippen LogP contribution in [-0.2, 0) is 13.0 Å². The summed E-state index contributed by atoms with van der Waals surface area (Å²) < 4.78 is 32.1. The number of hydrogen-bond donors (Lipinski definition) is 2. The number of nitrogens with zero attached hydrogens (tertiary/aromatic N) is 1. The molecule has 0 atom stereocenters. The molecule has 130 valence electrons. The number of H-pyrrole nitrogens is 1. The molecule has 7 heteroatoms. The van der Waals surface area contributed by atoms with E-state index in [1.165, 1.54) is 7.11 Å². The van der Waals surface area contributed by atoms with Gasteiger partial charge in [0.1, 0.15) is 0 Å². The molecule has 0 bridgehead atoms. The number of carbonyl (C=O) groups excluding carboxylic acids is 1. The number of amides is 1. The zero-order valence-electron chi connectivity index (χ0n) is 13.8. The lowest BCUT2D eigenvalue weighted by atomic mass is 10.0. The number of aromatic nitrogens is 2. The van der Waals surface area contributed by atoms with E-state index in [2.05, 4.69) is 20.3 Å². The smallest absolute Gasteiger partial charge is 0.251 e. The van der Waals surface area contributed by atoms with Crippen molar-refractivity contribution in [2.45, 2.75) is 19.9 Å². The maximum absolute atomic E-state index is 13.8. The van der Waals surface area contributed by atoms with Gasteiger partial charge < -0.3 is 10.1 Å². The predicted octanol–water partition coefficient (Wildman–Crippen LogP) is 3.34. The van der Waals surface area contributed by atoms with Crippen molar-refractivity contribution >= 4 is 16.8 Å². The van der Waals surface area contributed by atoms with Crippen LogP contribution in [0.4, 0.5) is 8.78 Å². The van der Waals surface area contributed by atoms with Crippen LogP contribution >= 0.6 is 0 Å². The molecule has 0 saturated heterocycles. The molecule has 25 heavy (non-hydrogen) atoms. The van der Waals surface area contributed by atoms with Gasteiger partial charge in [0.15, 0.2) is 17.4 Å². The van der Waals surface area contributed by atoms with Crippen molar-refractivity contribution in [3.63, 3.8) is 0 Å². The Morgan fingerprint density at radius 1 is 1.28 bits per heavy atom. The first-order valence-electron chi connectivity index (χ1n) is 7.80. The van der Waals surface area contributed by atoms with Gasteiger partial charge in [-0.1, -0.05) is 13.0 Å². The van der Waals surface area contributed by atoms with Crippen molar-refractivity contribution in [3.05, 3.63) is 58.8 Å². The van der Waals surface area contributed by atoms with E-state index < -0.39 is 23.3 Å². The number of methoxy groups -OCH3 is 1. The second-order valence-electron chi connectivity index (χ2n) is 5.54. The Kier molecular flexibility index (Phi) is 4.65. The van der Waals surface area contributed by atoms with Gasteiger partial charge in [-0.3, -0.25) is 9.89 Å². The molecule has 1 heterocycles. The van der Waals surface area contributed by atoms with Gasteiger partial charge in [-0.05, 0) is 35.7 Å². The molecule has 0 fully saturated rings. The molecule has 0 spiro atoms. The normalized spacial score (nSPS) is 10.9. The van der Waals surface area contributed by atoms with Gasteiger partial charge in [0.05, 0.1) is 18.8 Å². The number of halogens is 2. The first-order chi connectivity index (χ1) is 12.0. The molecule has 0 aliphatic heterocycles. The topological polar surface area (TPSA) is 67.0 Å². The number of ether oxygens (including phenoxy) is 1. The van der Waals surface area contributed by atoms with Crippen LogP contribution in [0.5, 0.6) is 5.75 Å². The summed E-state index contributed by atoms with van der Waals surface area (Å²) in [5.74, 6) is -2.91. The zero-order valence-corrected chi connectivity index (χ0v) is 13.8. The van der Waals surface area contributed by atoms with Crippen molar-refractivity contribution in [2.75, 3.05) is 7.11 Å². The minimum absolute atomic E-state index is 0.104. The molecule has 0 saturated carbocycles. The first kappa shape index (κ1) is 16.9. The van der Waals surface area contributed by atoms with Crippen LogP contribution < -0.4 is 10.1 Å². The maximum atomic E-state index is 13.8. The lowest BCUT2D eigenvalue weighted by molar-refractivity contribution is 0.0950. The fraction of sp³-hybridized carbons (Fsp3) is 0.222. The Hall–Kier alpha value is -2.96. The van der Waals surface area contributed by atoms with Gasteiger partial charge in [0, 0.05) is 17.5 Å². The van der Waals surface area contributed by atoms with Crippen molar-refractivity contribution in [1.82, 2.24) is 15.5 Å². The summed E-state index contributed by atoms with van der Waals surface area (Å²) in [7, 11) is 1.17. The van der Waals surface area contributed by atoms with Crippen LogP contribution in [0.2, 0.25) is 0 Å². The Labute approximate surface area is 143 Å². The monoisotopic (exact) mass is 345 g/mol. The molecular weight excluding hydrogens is 328 g/mol. The summed E-state index contributed by atoms with van der Waals surface area (Å²) >= 11 is 0. The van der Waals surface area contributed by atoms with Gasteiger partial charge in [0.2, 0.25) is 0 Å². The molecule has 0 aliphatic carbocycles. The average molecular weight is 345 g/mol. The molecule has 5 nitrogen and oxygen atoms in total. The molecular formula is C18H17F2N3O2. The van der Waals surface area contributed by atoms with Gasteiger partial charge in [-0.15, -0.1) is 0 Å². The third kappa shape index (κ3) is 3.17. The minimum atomic E-state index is -0.918. The van der Waals surface area contributed by atoms with Crippen LogP contribution in [0.25, 0.3) is 10.9 Å². The van der Waals surface area contributed by atoms with E-state index in [1.807, 2.05) is 19.1 Å². The van der Waals surface area contributed by atoms with Crippen molar-refractivity contribution < 1.29 is 18.3 Å². The number of nitrogens with one attached hydrogen (secondary N) is 2. The number of aromatic amines is 1. The Bertz CT molecular complexity index is 914. The van der Waals surface area contributed by atoms with Crippen LogP contribution in [0.3, 0.4) is 0 Å². The first-order valence-corrected chi connectivity index (χ1v) is 7.80. The molecule has 1 amide bonds. The third-order valence-corrected chi connectivity index (χ3v) is 4.10. The summed E-state index contributed by atoms with van der Waals surface area (Å²) in [5.41, 5.74) is 2.76. The molecule has 0 unspecified atom stereocenters. The third-order valence-electron chi connectivity index (χ3n) is 4.10. The van der Waals surface area contributed by atoms with Crippen molar-refractivity contribution in [2.24, 2.45) is 0 Å². The number of rotatable bonds is 5. The zero-order chi connectivity index (χ0) is 18.0. The van der Waals surface area contributed by atoms with E-state index in [4.69, 9.17) is 0 Å². The largest absolute Gasteiger partial charge is 0.491 e. The fourth-order valence-electron chi connectivity index (χ4n) is 2.82. The molecule has 1 aromatic heterocycles. The van der Waals surface area contributed by atoms with E-state index in [0.717, 1.165) is 40.6 Å². The van der Waals surface area contributed by atoms with Gasteiger partial charge in [0.25, 0.3) is 5.91 Å². The minimum Gasteiger partial charge on any atom is -0.491 e. The maximum Gasteiger partial charge on any atom is 0.251 e. The fourth-order valence-corrected chi connectivity index (χ4v) is 2.82. The number of aryl methyl sites for hydroxylation is 1. The molecule has 3 aromatic rings. The van der Waals surface area contributed by atoms with Crippen LogP contribution in [0.15, 0.2) is 30.5 Å². The number of carbonyl (C=O) groups is 1. The molecule has 2 N–H and O–H groups in total. The number of fused-ring (bicyclic) bond motifs is 1. The highest BCUT2D eigenvalue weighted by Crippen LogP contribution is 2.24. The van der Waals surface area contributed by atoms with E-state index in [1.54, 1.807) is 6.20 Å². The van der Waals surface area contributed by atoms with Gasteiger partial charge in [-0.2, -0.15) is 5.10 Å². The lowest BCUT2D eigenvalue weighted by Gasteiger charge is -2.12. The second kappa shape index (κ2) is 6.88. The highest BCUT2D eigenvalue weighted by Gasteiger charge is 2.16. The summed E-state index contributed by atoms with van der Waals surface area (Å²) in [4.78, 5) is 12.3. The summed E-state index contributed by atoms with van der Waals surface area (Å²) in [6.45, 7) is 2.24. The van der Waals surface area contributed by atoms with E-state index in [0.29, 0.717) is 0 Å². The van der Waals surface area contributed by atoms with Gasteiger partial charge in [-0.25, -0.2) is 8.78 Å². The Morgan fingerprint density at radius 3 is 2.64 bits per heavy atom. The van der Waals surface area contributed by atoms with Crippen molar-refractivity contribution in [1.29, 1.82) is 0 Å². The molecule has 3 rings (SSSR count). The van der Waals surface area contributed by atoms with E-state index in [9.17, 15) is 13.6 Å².